The predicted molar refractivity (Wildman–Crippen MR) is 119 cm³/mol. The normalized spacial score (nSPS) is 25.2. The molecule has 0 bridgehead atoms. The Morgan fingerprint density at radius 2 is 1.76 bits per heavy atom. The SMILES string of the molecule is Cc1ccc(N2CN(C3CCCC(C)C3C)Cn3c2nc(C)c(C)c3=O)cc1C. The van der Waals surface area contributed by atoms with Crippen molar-refractivity contribution in [2.75, 3.05) is 11.6 Å². The molecule has 1 aromatic heterocycles. The summed E-state index contributed by atoms with van der Waals surface area (Å²) in [6, 6.07) is 7.04. The molecule has 3 atom stereocenters. The maximum absolute atomic E-state index is 13.2. The lowest BCUT2D eigenvalue weighted by Crippen LogP contribution is -2.54. The molecule has 2 heterocycles. The summed E-state index contributed by atoms with van der Waals surface area (Å²) in [5, 5.41) is 0. The summed E-state index contributed by atoms with van der Waals surface area (Å²) in [6.45, 7) is 14.3. The van der Waals surface area contributed by atoms with Crippen molar-refractivity contribution in [3.05, 3.63) is 50.9 Å². The number of hydrogen-bond acceptors (Lipinski definition) is 4. The number of nitrogens with zero attached hydrogens (tertiary/aromatic N) is 4. The molecule has 1 aliphatic heterocycles. The van der Waals surface area contributed by atoms with E-state index in [-0.39, 0.29) is 5.56 Å². The molecule has 5 nitrogen and oxygen atoms in total. The van der Waals surface area contributed by atoms with E-state index in [1.807, 2.05) is 18.4 Å². The van der Waals surface area contributed by atoms with Gasteiger partial charge in [0, 0.05) is 23.0 Å². The van der Waals surface area contributed by atoms with Crippen LogP contribution in [0.2, 0.25) is 0 Å². The Hall–Kier alpha value is -2.14. The highest BCUT2D eigenvalue weighted by molar-refractivity contribution is 5.60. The maximum atomic E-state index is 13.2. The fourth-order valence-corrected chi connectivity index (χ4v) is 4.92. The molecule has 5 heteroatoms. The molecule has 156 valence electrons. The summed E-state index contributed by atoms with van der Waals surface area (Å²) in [5.41, 5.74) is 5.31. The Balaban J connectivity index is 1.81. The minimum atomic E-state index is 0.0857. The minimum absolute atomic E-state index is 0.0857. The average molecular weight is 395 g/mol. The summed E-state index contributed by atoms with van der Waals surface area (Å²) >= 11 is 0. The zero-order valence-corrected chi connectivity index (χ0v) is 18.7. The summed E-state index contributed by atoms with van der Waals surface area (Å²) in [6.07, 6.45) is 3.78. The Morgan fingerprint density at radius 1 is 1.00 bits per heavy atom. The summed E-state index contributed by atoms with van der Waals surface area (Å²) in [7, 11) is 0. The molecular weight excluding hydrogens is 360 g/mol. The maximum Gasteiger partial charge on any atom is 0.259 e. The van der Waals surface area contributed by atoms with Gasteiger partial charge in [-0.05, 0) is 69.2 Å². The van der Waals surface area contributed by atoms with E-state index < -0.39 is 0 Å². The van der Waals surface area contributed by atoms with Crippen molar-refractivity contribution in [1.82, 2.24) is 14.5 Å². The molecule has 0 N–H and O–H groups in total. The van der Waals surface area contributed by atoms with E-state index in [2.05, 4.69) is 55.7 Å². The number of anilines is 2. The predicted octanol–water partition coefficient (Wildman–Crippen LogP) is 4.67. The monoisotopic (exact) mass is 394 g/mol. The van der Waals surface area contributed by atoms with Crippen LogP contribution in [0, 0.1) is 39.5 Å². The second-order valence-electron chi connectivity index (χ2n) is 9.26. The molecule has 1 aromatic carbocycles. The quantitative estimate of drug-likeness (QED) is 0.742. The van der Waals surface area contributed by atoms with Gasteiger partial charge in [0.2, 0.25) is 5.95 Å². The van der Waals surface area contributed by atoms with Crippen LogP contribution in [0.1, 0.15) is 55.5 Å². The van der Waals surface area contributed by atoms with Gasteiger partial charge < -0.3 is 0 Å². The molecule has 29 heavy (non-hydrogen) atoms. The molecule has 1 saturated carbocycles. The largest absolute Gasteiger partial charge is 0.298 e. The van der Waals surface area contributed by atoms with Crippen molar-refractivity contribution in [3.8, 4) is 0 Å². The first-order valence-electron chi connectivity index (χ1n) is 10.9. The summed E-state index contributed by atoms with van der Waals surface area (Å²) in [4.78, 5) is 22.8. The lowest BCUT2D eigenvalue weighted by molar-refractivity contribution is 0.0491. The second kappa shape index (κ2) is 7.60. The van der Waals surface area contributed by atoms with Crippen molar-refractivity contribution < 1.29 is 0 Å². The molecule has 0 amide bonds. The van der Waals surface area contributed by atoms with Gasteiger partial charge in [-0.25, -0.2) is 4.98 Å². The first-order chi connectivity index (χ1) is 13.8. The lowest BCUT2D eigenvalue weighted by Gasteiger charge is -2.46. The zero-order chi connectivity index (χ0) is 20.9. The van der Waals surface area contributed by atoms with E-state index in [4.69, 9.17) is 4.98 Å². The third kappa shape index (κ3) is 3.50. The van der Waals surface area contributed by atoms with Gasteiger partial charge in [0.15, 0.2) is 0 Å². The number of aromatic nitrogens is 2. The zero-order valence-electron chi connectivity index (χ0n) is 18.7. The van der Waals surface area contributed by atoms with Gasteiger partial charge in [-0.3, -0.25) is 19.2 Å². The Labute approximate surface area is 174 Å². The third-order valence-corrected chi connectivity index (χ3v) is 7.44. The average Bonchev–Trinajstić information content (AvgIpc) is 2.70. The van der Waals surface area contributed by atoms with Crippen molar-refractivity contribution in [2.45, 2.75) is 73.5 Å². The fraction of sp³-hybridized carbons (Fsp3) is 0.583. The smallest absolute Gasteiger partial charge is 0.259 e. The van der Waals surface area contributed by atoms with Gasteiger partial charge in [0.1, 0.15) is 0 Å². The minimum Gasteiger partial charge on any atom is -0.298 e. The number of aryl methyl sites for hydroxylation is 3. The van der Waals surface area contributed by atoms with Gasteiger partial charge in [0.25, 0.3) is 5.56 Å². The number of rotatable bonds is 2. The molecular formula is C24H34N4O. The fourth-order valence-electron chi connectivity index (χ4n) is 4.92. The van der Waals surface area contributed by atoms with Crippen LogP contribution in [0.25, 0.3) is 0 Å². The standard InChI is InChI=1S/C24H34N4O/c1-15-10-11-21(12-17(15)3)27-13-26(22-9-7-8-16(2)18(22)4)14-28-23(29)19(5)20(6)25-24(27)28/h10-12,16,18,22H,7-9,13-14H2,1-6H3. The highest BCUT2D eigenvalue weighted by atomic mass is 16.1. The summed E-state index contributed by atoms with van der Waals surface area (Å²) < 4.78 is 1.88. The molecule has 3 unspecified atom stereocenters. The van der Waals surface area contributed by atoms with E-state index in [0.717, 1.165) is 35.5 Å². The van der Waals surface area contributed by atoms with Crippen LogP contribution in [-0.2, 0) is 6.67 Å². The molecule has 2 aliphatic rings. The van der Waals surface area contributed by atoms with Crippen LogP contribution in [0.15, 0.2) is 23.0 Å². The number of fused-ring (bicyclic) bond motifs is 1. The van der Waals surface area contributed by atoms with Gasteiger partial charge in [0.05, 0.1) is 13.3 Å². The molecule has 1 aliphatic carbocycles. The molecule has 0 radical (unpaired) electrons. The van der Waals surface area contributed by atoms with E-state index in [1.54, 1.807) is 0 Å². The van der Waals surface area contributed by atoms with Crippen LogP contribution in [0.5, 0.6) is 0 Å². The number of hydrogen-bond donors (Lipinski definition) is 0. The molecule has 4 rings (SSSR count). The van der Waals surface area contributed by atoms with Crippen molar-refractivity contribution >= 4 is 11.6 Å². The van der Waals surface area contributed by atoms with E-state index in [1.165, 1.54) is 30.4 Å². The van der Waals surface area contributed by atoms with Crippen LogP contribution in [0.3, 0.4) is 0 Å². The van der Waals surface area contributed by atoms with Crippen molar-refractivity contribution in [3.63, 3.8) is 0 Å². The first kappa shape index (κ1) is 20.1. The lowest BCUT2D eigenvalue weighted by atomic mass is 9.77. The Morgan fingerprint density at radius 3 is 2.48 bits per heavy atom. The van der Waals surface area contributed by atoms with Gasteiger partial charge in [-0.15, -0.1) is 0 Å². The van der Waals surface area contributed by atoms with E-state index in [0.29, 0.717) is 18.6 Å². The second-order valence-corrected chi connectivity index (χ2v) is 9.26. The highest BCUT2D eigenvalue weighted by Gasteiger charge is 2.36. The van der Waals surface area contributed by atoms with Crippen LogP contribution >= 0.6 is 0 Å². The van der Waals surface area contributed by atoms with Crippen LogP contribution in [0.4, 0.5) is 11.6 Å². The van der Waals surface area contributed by atoms with Gasteiger partial charge >= 0.3 is 0 Å². The molecule has 0 spiro atoms. The van der Waals surface area contributed by atoms with E-state index in [9.17, 15) is 4.79 Å². The Bertz CT molecular complexity index is 980. The Kier molecular flexibility index (Phi) is 5.28. The van der Waals surface area contributed by atoms with Crippen molar-refractivity contribution in [1.29, 1.82) is 0 Å². The molecule has 2 aromatic rings. The first-order valence-corrected chi connectivity index (χ1v) is 10.9. The summed E-state index contributed by atoms with van der Waals surface area (Å²) in [5.74, 6) is 2.12. The number of benzene rings is 1. The van der Waals surface area contributed by atoms with Crippen LogP contribution in [-0.4, -0.2) is 27.2 Å². The van der Waals surface area contributed by atoms with E-state index >= 15 is 0 Å². The van der Waals surface area contributed by atoms with Gasteiger partial charge in [-0.2, -0.15) is 0 Å². The van der Waals surface area contributed by atoms with Crippen molar-refractivity contribution in [2.24, 2.45) is 11.8 Å². The highest BCUT2D eigenvalue weighted by Crippen LogP contribution is 2.36. The molecule has 1 fully saturated rings. The molecule has 0 saturated heterocycles. The third-order valence-electron chi connectivity index (χ3n) is 7.44. The van der Waals surface area contributed by atoms with Gasteiger partial charge in [-0.1, -0.05) is 32.8 Å². The van der Waals surface area contributed by atoms with Crippen LogP contribution < -0.4 is 10.5 Å². The topological polar surface area (TPSA) is 41.4 Å².